The van der Waals surface area contributed by atoms with Crippen LogP contribution in [-0.2, 0) is 0 Å². The summed E-state index contributed by atoms with van der Waals surface area (Å²) in [5.74, 6) is 0. The zero-order valence-electron chi connectivity index (χ0n) is 30.0. The van der Waals surface area contributed by atoms with Crippen LogP contribution >= 0.6 is 0 Å². The Balaban J connectivity index is 0.0000000663. The molecule has 18 aliphatic carbocycles. The molecule has 0 saturated heterocycles. The third-order valence-electron chi connectivity index (χ3n) is 17.2. The van der Waals surface area contributed by atoms with Crippen LogP contribution in [0.3, 0.4) is 0 Å². The molecule has 0 aliphatic heterocycles. The third-order valence-corrected chi connectivity index (χ3v) is 17.2. The monoisotopic (exact) mass is 613 g/mol. The van der Waals surface area contributed by atoms with Crippen molar-refractivity contribution in [2.24, 2.45) is 48.7 Å². The van der Waals surface area contributed by atoms with Crippen LogP contribution in [0.4, 0.5) is 0 Å². The smallest absolute Gasteiger partial charge is 0.0297 e. The normalized spacial score (nSPS) is 38.4. The maximum Gasteiger partial charge on any atom is -0.0297 e. The summed E-state index contributed by atoms with van der Waals surface area (Å²) in [4.78, 5) is 0. The first kappa shape index (κ1) is 29.9. The van der Waals surface area contributed by atoms with Gasteiger partial charge in [0.15, 0.2) is 0 Å². The summed E-state index contributed by atoms with van der Waals surface area (Å²) in [5, 5.41) is 0. The maximum absolute atomic E-state index is 1.56. The summed E-state index contributed by atoms with van der Waals surface area (Å²) < 4.78 is 0. The summed E-state index contributed by atoms with van der Waals surface area (Å²) in [6, 6.07) is 0. The quantitative estimate of drug-likeness (QED) is 0.255. The predicted octanol–water partition coefficient (Wildman–Crippen LogP) is 14.0. The SMILES string of the molecule is C1CC12CC2.C1CC12CC2.C1CC12CC2.C1CC12CC2.C1CC12CC2.C1CC12CC2.C1CC12CC2.C1CC12CC2.C1CC12CC2. The van der Waals surface area contributed by atoms with Gasteiger partial charge in [0, 0.05) is 0 Å². The Bertz CT molecular complexity index is 672. The van der Waals surface area contributed by atoms with E-state index in [4.69, 9.17) is 0 Å². The van der Waals surface area contributed by atoms with Crippen molar-refractivity contribution < 1.29 is 0 Å². The molecule has 0 heterocycles. The molecular formula is C45H72. The van der Waals surface area contributed by atoms with Crippen molar-refractivity contribution in [3.8, 4) is 0 Å². The van der Waals surface area contributed by atoms with Gasteiger partial charge in [-0.2, -0.15) is 0 Å². The average molecular weight is 613 g/mol. The van der Waals surface area contributed by atoms with Crippen LogP contribution in [0, 0.1) is 48.7 Å². The molecule has 18 fully saturated rings. The van der Waals surface area contributed by atoms with Crippen LogP contribution in [-0.4, -0.2) is 0 Å². The minimum absolute atomic E-state index is 1.00. The van der Waals surface area contributed by atoms with Gasteiger partial charge in [-0.25, -0.2) is 0 Å². The molecule has 45 heavy (non-hydrogen) atoms. The Labute approximate surface area is 279 Å². The molecule has 0 aromatic heterocycles. The van der Waals surface area contributed by atoms with Gasteiger partial charge in [-0.15, -0.1) is 0 Å². The van der Waals surface area contributed by atoms with Crippen LogP contribution in [0.2, 0.25) is 0 Å². The van der Waals surface area contributed by atoms with Gasteiger partial charge in [0.1, 0.15) is 0 Å². The van der Waals surface area contributed by atoms with Gasteiger partial charge >= 0.3 is 0 Å². The predicted molar refractivity (Wildman–Crippen MR) is 188 cm³/mol. The zero-order chi connectivity index (χ0) is 30.0. The third kappa shape index (κ3) is 9.58. The van der Waals surface area contributed by atoms with Gasteiger partial charge in [0.25, 0.3) is 0 Å². The van der Waals surface area contributed by atoms with Crippen molar-refractivity contribution in [1.29, 1.82) is 0 Å². The molecule has 0 aromatic rings. The van der Waals surface area contributed by atoms with E-state index in [0.29, 0.717) is 0 Å². The molecule has 252 valence electrons. The van der Waals surface area contributed by atoms with Crippen molar-refractivity contribution in [3.63, 3.8) is 0 Å². The second-order valence-electron chi connectivity index (χ2n) is 22.5. The summed E-state index contributed by atoms with van der Waals surface area (Å²) >= 11 is 0. The number of hydrogen-bond donors (Lipinski definition) is 0. The van der Waals surface area contributed by atoms with Gasteiger partial charge < -0.3 is 0 Å². The van der Waals surface area contributed by atoms with E-state index < -0.39 is 0 Å². The van der Waals surface area contributed by atoms with Crippen molar-refractivity contribution in [1.82, 2.24) is 0 Å². The van der Waals surface area contributed by atoms with Crippen LogP contribution in [0.1, 0.15) is 231 Å². The fourth-order valence-electron chi connectivity index (χ4n) is 7.68. The highest BCUT2D eigenvalue weighted by Crippen LogP contribution is 2.69. The lowest BCUT2D eigenvalue weighted by Crippen LogP contribution is -1.51. The molecule has 0 N–H and O–H groups in total. The van der Waals surface area contributed by atoms with E-state index in [1.54, 1.807) is 231 Å². The molecule has 0 unspecified atom stereocenters. The first-order chi connectivity index (χ1) is 21.7. The minimum Gasteiger partial charge on any atom is -0.0471 e. The minimum atomic E-state index is 1.00. The van der Waals surface area contributed by atoms with E-state index in [-0.39, 0.29) is 0 Å². The first-order valence-corrected chi connectivity index (χ1v) is 21.7. The lowest BCUT2D eigenvalue weighted by Gasteiger charge is -1.60. The van der Waals surface area contributed by atoms with E-state index in [0.717, 1.165) is 48.7 Å². The lowest BCUT2D eigenvalue weighted by atomic mass is 10.5. The van der Waals surface area contributed by atoms with E-state index in [9.17, 15) is 0 Å². The Morgan fingerprint density at radius 1 is 0.0889 bits per heavy atom. The van der Waals surface area contributed by atoms with Crippen molar-refractivity contribution in [2.45, 2.75) is 231 Å². The van der Waals surface area contributed by atoms with Gasteiger partial charge in [-0.1, -0.05) is 0 Å². The molecule has 18 saturated carbocycles. The molecular weight excluding hydrogens is 540 g/mol. The van der Waals surface area contributed by atoms with Crippen molar-refractivity contribution >= 4 is 0 Å². The average Bonchev–Trinajstić information content (AvgIpc) is 3.89. The molecule has 9 spiro atoms. The molecule has 0 bridgehead atoms. The van der Waals surface area contributed by atoms with Gasteiger partial charge in [0.2, 0.25) is 0 Å². The molecule has 0 aromatic carbocycles. The summed E-state index contributed by atoms with van der Waals surface area (Å²) in [5.41, 5.74) is 9.00. The number of rotatable bonds is 0. The highest BCUT2D eigenvalue weighted by Gasteiger charge is 2.56. The highest BCUT2D eigenvalue weighted by molar-refractivity contribution is 5.08. The molecule has 0 heteroatoms. The second kappa shape index (κ2) is 10.0. The standard InChI is InChI=1S/9C5H8/c9*1-2-5(1)3-4-5/h9*1-4H2. The Kier molecular flexibility index (Phi) is 6.67. The first-order valence-electron chi connectivity index (χ1n) is 21.7. The molecule has 18 rings (SSSR count). The van der Waals surface area contributed by atoms with Crippen molar-refractivity contribution in [2.75, 3.05) is 0 Å². The Morgan fingerprint density at radius 2 is 0.133 bits per heavy atom. The summed E-state index contributed by atoms with van der Waals surface area (Å²) in [7, 11) is 0. The van der Waals surface area contributed by atoms with Gasteiger partial charge in [-0.05, 0) is 280 Å². The fraction of sp³-hybridized carbons (Fsp3) is 1.00. The zero-order valence-corrected chi connectivity index (χ0v) is 30.0. The van der Waals surface area contributed by atoms with E-state index >= 15 is 0 Å². The summed E-state index contributed by atoms with van der Waals surface area (Å²) in [6.07, 6.45) is 56.2. The second-order valence-corrected chi connectivity index (χ2v) is 22.5. The summed E-state index contributed by atoms with van der Waals surface area (Å²) in [6.45, 7) is 0. The van der Waals surface area contributed by atoms with E-state index in [1.165, 1.54) is 0 Å². The highest BCUT2D eigenvalue weighted by atomic mass is 14.6. The van der Waals surface area contributed by atoms with Crippen LogP contribution < -0.4 is 0 Å². The van der Waals surface area contributed by atoms with Crippen LogP contribution in [0.25, 0.3) is 0 Å². The largest absolute Gasteiger partial charge is 0.0471 e. The Hall–Kier alpha value is 0. The lowest BCUT2D eigenvalue weighted by molar-refractivity contribution is 0.898. The number of hydrogen-bond acceptors (Lipinski definition) is 0. The maximum atomic E-state index is 1.56. The van der Waals surface area contributed by atoms with Gasteiger partial charge in [0.05, 0.1) is 0 Å². The molecule has 0 amide bonds. The van der Waals surface area contributed by atoms with E-state index in [1.807, 2.05) is 0 Å². The van der Waals surface area contributed by atoms with Crippen LogP contribution in [0.15, 0.2) is 0 Å². The van der Waals surface area contributed by atoms with Crippen LogP contribution in [0.5, 0.6) is 0 Å². The molecule has 0 radical (unpaired) electrons. The molecule has 18 aliphatic rings. The molecule has 0 atom stereocenters. The van der Waals surface area contributed by atoms with Crippen molar-refractivity contribution in [3.05, 3.63) is 0 Å². The topological polar surface area (TPSA) is 0 Å². The fourth-order valence-corrected chi connectivity index (χ4v) is 7.68. The van der Waals surface area contributed by atoms with E-state index in [2.05, 4.69) is 0 Å². The van der Waals surface area contributed by atoms with Gasteiger partial charge in [-0.3, -0.25) is 0 Å². The molecule has 0 nitrogen and oxygen atoms in total. The Morgan fingerprint density at radius 3 is 0.133 bits per heavy atom.